The normalized spacial score (nSPS) is 23.4. The van der Waals surface area contributed by atoms with Crippen molar-refractivity contribution in [3.05, 3.63) is 30.1 Å². The Morgan fingerprint density at radius 3 is 3.00 bits per heavy atom. The SMILES string of the molecule is CC1(C)COC(COc2cccc(F)c2)CN1. The average molecular weight is 239 g/mol. The highest BCUT2D eigenvalue weighted by atomic mass is 19.1. The second-order valence-electron chi connectivity index (χ2n) is 4.97. The molecule has 0 aromatic heterocycles. The summed E-state index contributed by atoms with van der Waals surface area (Å²) in [6, 6.07) is 6.14. The Bertz CT molecular complexity index is 371. The van der Waals surface area contributed by atoms with Crippen LogP contribution in [-0.2, 0) is 4.74 Å². The highest BCUT2D eigenvalue weighted by Crippen LogP contribution is 2.15. The van der Waals surface area contributed by atoms with Crippen molar-refractivity contribution in [2.24, 2.45) is 0 Å². The minimum atomic E-state index is -0.286. The van der Waals surface area contributed by atoms with Gasteiger partial charge in [0.05, 0.1) is 6.61 Å². The molecule has 4 heteroatoms. The number of hydrogen-bond donors (Lipinski definition) is 1. The first-order valence-electron chi connectivity index (χ1n) is 5.80. The van der Waals surface area contributed by atoms with Crippen molar-refractivity contribution in [1.82, 2.24) is 5.32 Å². The van der Waals surface area contributed by atoms with Crippen molar-refractivity contribution >= 4 is 0 Å². The van der Waals surface area contributed by atoms with Gasteiger partial charge in [0, 0.05) is 18.2 Å². The minimum Gasteiger partial charge on any atom is -0.491 e. The topological polar surface area (TPSA) is 30.5 Å². The van der Waals surface area contributed by atoms with Crippen LogP contribution in [0, 0.1) is 5.82 Å². The predicted octanol–water partition coefficient (Wildman–Crippen LogP) is 1.97. The van der Waals surface area contributed by atoms with Gasteiger partial charge in [-0.3, -0.25) is 0 Å². The molecule has 2 rings (SSSR count). The Hall–Kier alpha value is -1.13. The molecule has 1 fully saturated rings. The molecular weight excluding hydrogens is 221 g/mol. The molecule has 0 saturated carbocycles. The third-order valence-corrected chi connectivity index (χ3v) is 2.72. The number of benzene rings is 1. The fourth-order valence-electron chi connectivity index (χ4n) is 1.68. The van der Waals surface area contributed by atoms with E-state index in [-0.39, 0.29) is 17.5 Å². The molecule has 94 valence electrons. The van der Waals surface area contributed by atoms with Crippen LogP contribution in [0.1, 0.15) is 13.8 Å². The van der Waals surface area contributed by atoms with Gasteiger partial charge < -0.3 is 14.8 Å². The maximum Gasteiger partial charge on any atom is 0.126 e. The summed E-state index contributed by atoms with van der Waals surface area (Å²) >= 11 is 0. The summed E-state index contributed by atoms with van der Waals surface area (Å²) in [5.74, 6) is 0.254. The molecule has 1 saturated heterocycles. The molecule has 1 unspecified atom stereocenters. The highest BCUT2D eigenvalue weighted by molar-refractivity contribution is 5.22. The molecule has 1 aliphatic heterocycles. The Balaban J connectivity index is 1.80. The number of rotatable bonds is 3. The molecule has 0 radical (unpaired) electrons. The molecule has 0 amide bonds. The van der Waals surface area contributed by atoms with E-state index in [1.807, 2.05) is 0 Å². The van der Waals surface area contributed by atoms with Crippen LogP contribution in [0.15, 0.2) is 24.3 Å². The molecule has 1 N–H and O–H groups in total. The first-order chi connectivity index (χ1) is 8.05. The Morgan fingerprint density at radius 1 is 1.53 bits per heavy atom. The summed E-state index contributed by atoms with van der Waals surface area (Å²) in [6.07, 6.45) is 0.0197. The van der Waals surface area contributed by atoms with Crippen LogP contribution in [0.25, 0.3) is 0 Å². The average Bonchev–Trinajstić information content (AvgIpc) is 2.28. The van der Waals surface area contributed by atoms with Crippen LogP contribution in [0.3, 0.4) is 0 Å². The number of morpholine rings is 1. The molecular formula is C13H18FNO2. The van der Waals surface area contributed by atoms with Crippen LogP contribution in [0.4, 0.5) is 4.39 Å². The van der Waals surface area contributed by atoms with E-state index in [2.05, 4.69) is 19.2 Å². The van der Waals surface area contributed by atoms with Crippen molar-refractivity contribution in [2.75, 3.05) is 19.8 Å². The van der Waals surface area contributed by atoms with Crippen LogP contribution in [0.5, 0.6) is 5.75 Å². The fourth-order valence-corrected chi connectivity index (χ4v) is 1.68. The lowest BCUT2D eigenvalue weighted by atomic mass is 10.1. The molecule has 3 nitrogen and oxygen atoms in total. The number of nitrogens with one attached hydrogen (secondary N) is 1. The van der Waals surface area contributed by atoms with E-state index in [0.29, 0.717) is 19.0 Å². The number of hydrogen-bond acceptors (Lipinski definition) is 3. The van der Waals surface area contributed by atoms with Crippen LogP contribution in [0.2, 0.25) is 0 Å². The van der Waals surface area contributed by atoms with E-state index >= 15 is 0 Å². The van der Waals surface area contributed by atoms with E-state index in [1.165, 1.54) is 12.1 Å². The van der Waals surface area contributed by atoms with Gasteiger partial charge in [-0.05, 0) is 26.0 Å². The summed E-state index contributed by atoms with van der Waals surface area (Å²) in [5, 5.41) is 3.38. The van der Waals surface area contributed by atoms with Gasteiger partial charge in [-0.15, -0.1) is 0 Å². The maximum absolute atomic E-state index is 12.9. The first kappa shape index (κ1) is 12.3. The fraction of sp³-hybridized carbons (Fsp3) is 0.538. The molecule has 0 spiro atoms. The van der Waals surface area contributed by atoms with Crippen LogP contribution < -0.4 is 10.1 Å². The number of ether oxygens (including phenoxy) is 2. The van der Waals surface area contributed by atoms with Gasteiger partial charge in [-0.25, -0.2) is 4.39 Å². The predicted molar refractivity (Wildman–Crippen MR) is 63.7 cm³/mol. The smallest absolute Gasteiger partial charge is 0.126 e. The zero-order chi connectivity index (χ0) is 12.3. The minimum absolute atomic E-state index is 0.0197. The number of halogens is 1. The largest absolute Gasteiger partial charge is 0.491 e. The molecule has 17 heavy (non-hydrogen) atoms. The monoisotopic (exact) mass is 239 g/mol. The van der Waals surface area contributed by atoms with Crippen molar-refractivity contribution in [3.63, 3.8) is 0 Å². The molecule has 0 aliphatic carbocycles. The zero-order valence-electron chi connectivity index (χ0n) is 10.2. The molecule has 1 heterocycles. The van der Waals surface area contributed by atoms with Crippen molar-refractivity contribution < 1.29 is 13.9 Å². The van der Waals surface area contributed by atoms with Gasteiger partial charge in [0.1, 0.15) is 24.3 Å². The molecule has 1 aliphatic rings. The lowest BCUT2D eigenvalue weighted by Gasteiger charge is -2.35. The lowest BCUT2D eigenvalue weighted by Crippen LogP contribution is -2.54. The third kappa shape index (κ3) is 3.68. The van der Waals surface area contributed by atoms with Gasteiger partial charge in [0.25, 0.3) is 0 Å². The Morgan fingerprint density at radius 2 is 2.35 bits per heavy atom. The van der Waals surface area contributed by atoms with E-state index < -0.39 is 0 Å². The van der Waals surface area contributed by atoms with E-state index in [0.717, 1.165) is 6.54 Å². The van der Waals surface area contributed by atoms with Crippen molar-refractivity contribution in [1.29, 1.82) is 0 Å². The van der Waals surface area contributed by atoms with Gasteiger partial charge in [0.15, 0.2) is 0 Å². The Labute approximate surface area is 101 Å². The van der Waals surface area contributed by atoms with Crippen LogP contribution in [-0.4, -0.2) is 31.4 Å². The second-order valence-corrected chi connectivity index (χ2v) is 4.97. The van der Waals surface area contributed by atoms with Crippen molar-refractivity contribution in [2.45, 2.75) is 25.5 Å². The lowest BCUT2D eigenvalue weighted by molar-refractivity contribution is -0.0412. The molecule has 1 aromatic rings. The molecule has 1 aromatic carbocycles. The third-order valence-electron chi connectivity index (χ3n) is 2.72. The van der Waals surface area contributed by atoms with E-state index in [1.54, 1.807) is 12.1 Å². The first-order valence-corrected chi connectivity index (χ1v) is 5.80. The van der Waals surface area contributed by atoms with Gasteiger partial charge in [-0.1, -0.05) is 6.07 Å². The van der Waals surface area contributed by atoms with Crippen molar-refractivity contribution in [3.8, 4) is 5.75 Å². The van der Waals surface area contributed by atoms with Gasteiger partial charge in [0.2, 0.25) is 0 Å². The standard InChI is InChI=1S/C13H18FNO2/c1-13(2)9-17-12(7-15-13)8-16-11-5-3-4-10(14)6-11/h3-6,12,15H,7-9H2,1-2H3. The maximum atomic E-state index is 12.9. The quantitative estimate of drug-likeness (QED) is 0.874. The van der Waals surface area contributed by atoms with E-state index in [4.69, 9.17) is 9.47 Å². The Kier molecular flexibility index (Phi) is 3.64. The van der Waals surface area contributed by atoms with Crippen LogP contribution >= 0.6 is 0 Å². The summed E-state index contributed by atoms with van der Waals surface area (Å²) in [6.45, 7) is 6.03. The second kappa shape index (κ2) is 5.02. The summed E-state index contributed by atoms with van der Waals surface area (Å²) < 4.78 is 24.1. The summed E-state index contributed by atoms with van der Waals surface area (Å²) in [5.41, 5.74) is 0.0232. The summed E-state index contributed by atoms with van der Waals surface area (Å²) in [7, 11) is 0. The highest BCUT2D eigenvalue weighted by Gasteiger charge is 2.26. The summed E-state index contributed by atoms with van der Waals surface area (Å²) in [4.78, 5) is 0. The van der Waals surface area contributed by atoms with Gasteiger partial charge in [-0.2, -0.15) is 0 Å². The van der Waals surface area contributed by atoms with E-state index in [9.17, 15) is 4.39 Å². The molecule has 0 bridgehead atoms. The van der Waals surface area contributed by atoms with Gasteiger partial charge >= 0.3 is 0 Å². The zero-order valence-corrected chi connectivity index (χ0v) is 10.2. The molecule has 1 atom stereocenters.